The van der Waals surface area contributed by atoms with Gasteiger partial charge in [0.25, 0.3) is 5.91 Å². The molecule has 4 aliphatic rings. The lowest BCUT2D eigenvalue weighted by Gasteiger charge is -2.39. The molecule has 0 radical (unpaired) electrons. The number of hydrogen-bond donors (Lipinski definition) is 3. The minimum absolute atomic E-state index is 0.0578. The molecule has 4 atom stereocenters. The van der Waals surface area contributed by atoms with E-state index < -0.39 is 35.1 Å². The summed E-state index contributed by atoms with van der Waals surface area (Å²) in [4.78, 5) is 38.2. The van der Waals surface area contributed by atoms with E-state index in [-0.39, 0.29) is 46.7 Å². The molecule has 3 N–H and O–H groups in total. The number of carbonyl (C=O) groups excluding carboxylic acids is 2. The van der Waals surface area contributed by atoms with Crippen LogP contribution in [-0.2, 0) is 14.3 Å². The molecule has 2 saturated heterocycles. The number of ether oxygens (including phenoxy) is 3. The van der Waals surface area contributed by atoms with Crippen molar-refractivity contribution in [1.29, 1.82) is 0 Å². The van der Waals surface area contributed by atoms with Crippen LogP contribution in [0.1, 0.15) is 82.0 Å². The standard InChI is InChI=1S/C29H39FN2O7/c1-28(9-4-10-28)15-31-26(34)23-19-5-6-20(39-19)24(23)32-25(33)17-13-22(18(30)14-21(17)37-3)38-16-7-11-29(2,12-8-16)27(35)36/h13-14,16,19-20,23-24H,4-12,15H2,1-3H3,(H,31,34)(H,32,33)(H,35,36)/t16?,19-,20+,23-,24+,29?/m0/s1. The van der Waals surface area contributed by atoms with Crippen molar-refractivity contribution in [2.24, 2.45) is 16.7 Å². The van der Waals surface area contributed by atoms with Gasteiger partial charge < -0.3 is 30.0 Å². The Morgan fingerprint density at radius 3 is 2.36 bits per heavy atom. The first-order chi connectivity index (χ1) is 18.5. The molecule has 5 rings (SSSR count). The first-order valence-electron chi connectivity index (χ1n) is 14.0. The topological polar surface area (TPSA) is 123 Å². The zero-order chi connectivity index (χ0) is 27.9. The molecule has 2 saturated carbocycles. The third kappa shape index (κ3) is 5.44. The minimum atomic E-state index is -0.843. The lowest BCUT2D eigenvalue weighted by atomic mass is 9.70. The molecule has 2 aliphatic carbocycles. The maximum atomic E-state index is 14.9. The number of carboxylic acids is 1. The number of carboxylic acid groups (broad SMARTS) is 1. The number of fused-ring (bicyclic) bond motifs is 2. The van der Waals surface area contributed by atoms with E-state index in [9.17, 15) is 23.9 Å². The van der Waals surface area contributed by atoms with Crippen LogP contribution in [0.2, 0.25) is 0 Å². The van der Waals surface area contributed by atoms with Crippen LogP contribution < -0.4 is 20.1 Å². The van der Waals surface area contributed by atoms with Crippen LogP contribution in [0.25, 0.3) is 0 Å². The van der Waals surface area contributed by atoms with Crippen molar-refractivity contribution >= 4 is 17.8 Å². The molecular formula is C29H39FN2O7. The highest BCUT2D eigenvalue weighted by atomic mass is 19.1. The maximum absolute atomic E-state index is 14.9. The Morgan fingerprint density at radius 2 is 1.74 bits per heavy atom. The molecule has 39 heavy (non-hydrogen) atoms. The Morgan fingerprint density at radius 1 is 1.05 bits per heavy atom. The molecule has 1 aromatic carbocycles. The van der Waals surface area contributed by atoms with E-state index in [4.69, 9.17) is 14.2 Å². The van der Waals surface area contributed by atoms with Crippen molar-refractivity contribution in [1.82, 2.24) is 10.6 Å². The predicted octanol–water partition coefficient (Wildman–Crippen LogP) is 3.83. The van der Waals surface area contributed by atoms with Crippen LogP contribution in [0.4, 0.5) is 4.39 Å². The first kappa shape index (κ1) is 27.7. The Hall–Kier alpha value is -2.88. The van der Waals surface area contributed by atoms with Crippen molar-refractivity contribution in [3.05, 3.63) is 23.5 Å². The summed E-state index contributed by atoms with van der Waals surface area (Å²) >= 11 is 0. The van der Waals surface area contributed by atoms with Gasteiger partial charge in [0.1, 0.15) is 5.75 Å². The molecule has 2 bridgehead atoms. The van der Waals surface area contributed by atoms with Crippen LogP contribution in [0.3, 0.4) is 0 Å². The summed E-state index contributed by atoms with van der Waals surface area (Å²) in [6, 6.07) is 1.95. The average molecular weight is 547 g/mol. The van der Waals surface area contributed by atoms with Gasteiger partial charge in [-0.05, 0) is 69.8 Å². The number of methoxy groups -OCH3 is 1. The molecule has 10 heteroatoms. The van der Waals surface area contributed by atoms with Crippen LogP contribution in [0.15, 0.2) is 12.1 Å². The summed E-state index contributed by atoms with van der Waals surface area (Å²) in [7, 11) is 1.36. The molecule has 4 fully saturated rings. The number of nitrogens with one attached hydrogen (secondary N) is 2. The van der Waals surface area contributed by atoms with Crippen molar-refractivity contribution in [2.75, 3.05) is 13.7 Å². The van der Waals surface area contributed by atoms with Gasteiger partial charge in [-0.25, -0.2) is 4.39 Å². The van der Waals surface area contributed by atoms with Crippen LogP contribution in [0, 0.1) is 22.6 Å². The van der Waals surface area contributed by atoms with E-state index in [0.29, 0.717) is 32.2 Å². The van der Waals surface area contributed by atoms with Crippen LogP contribution >= 0.6 is 0 Å². The number of benzene rings is 1. The first-order valence-corrected chi connectivity index (χ1v) is 14.0. The summed E-state index contributed by atoms with van der Waals surface area (Å²) in [5.74, 6) is -2.64. The summed E-state index contributed by atoms with van der Waals surface area (Å²) in [5, 5.41) is 15.5. The smallest absolute Gasteiger partial charge is 0.309 e. The minimum Gasteiger partial charge on any atom is -0.496 e. The third-order valence-corrected chi connectivity index (χ3v) is 9.47. The Bertz CT molecular complexity index is 1130. The van der Waals surface area contributed by atoms with E-state index in [1.54, 1.807) is 6.92 Å². The number of halogens is 1. The third-order valence-electron chi connectivity index (χ3n) is 9.47. The largest absolute Gasteiger partial charge is 0.496 e. The molecule has 2 aliphatic heterocycles. The number of aliphatic carboxylic acids is 1. The monoisotopic (exact) mass is 546 g/mol. The lowest BCUT2D eigenvalue weighted by molar-refractivity contribution is -0.150. The fraction of sp³-hybridized carbons (Fsp3) is 0.690. The second-order valence-electron chi connectivity index (χ2n) is 12.4. The van der Waals surface area contributed by atoms with E-state index in [0.717, 1.165) is 31.7 Å². The second kappa shape index (κ2) is 10.6. The highest BCUT2D eigenvalue weighted by Gasteiger charge is 2.53. The highest BCUT2D eigenvalue weighted by molar-refractivity contribution is 5.98. The van der Waals surface area contributed by atoms with Crippen LogP contribution in [0.5, 0.6) is 11.5 Å². The molecular weight excluding hydrogens is 507 g/mol. The van der Waals surface area contributed by atoms with Gasteiger partial charge in [-0.1, -0.05) is 13.3 Å². The number of amides is 2. The quantitative estimate of drug-likeness (QED) is 0.430. The summed E-state index contributed by atoms with van der Waals surface area (Å²) in [6.07, 6.45) is 5.79. The van der Waals surface area contributed by atoms with Gasteiger partial charge in [-0.3, -0.25) is 14.4 Å². The number of carbonyl (C=O) groups is 3. The zero-order valence-corrected chi connectivity index (χ0v) is 22.9. The maximum Gasteiger partial charge on any atom is 0.309 e. The normalized spacial score (nSPS) is 32.7. The van der Waals surface area contributed by atoms with E-state index in [2.05, 4.69) is 17.6 Å². The van der Waals surface area contributed by atoms with Crippen molar-refractivity contribution in [3.8, 4) is 11.5 Å². The number of rotatable bonds is 9. The second-order valence-corrected chi connectivity index (χ2v) is 12.4. The Kier molecular flexibility index (Phi) is 7.52. The fourth-order valence-corrected chi connectivity index (χ4v) is 6.51. The summed E-state index contributed by atoms with van der Waals surface area (Å²) in [6.45, 7) is 4.49. The van der Waals surface area contributed by atoms with Gasteiger partial charge in [0.05, 0.1) is 48.4 Å². The molecule has 1 aromatic rings. The van der Waals surface area contributed by atoms with Gasteiger partial charge in [-0.15, -0.1) is 0 Å². The molecule has 9 nitrogen and oxygen atoms in total. The Balaban J connectivity index is 1.28. The van der Waals surface area contributed by atoms with Crippen molar-refractivity contribution in [3.63, 3.8) is 0 Å². The molecule has 0 unspecified atom stereocenters. The van der Waals surface area contributed by atoms with Gasteiger partial charge in [0.2, 0.25) is 5.91 Å². The van der Waals surface area contributed by atoms with Crippen LogP contribution in [-0.4, -0.2) is 60.9 Å². The summed E-state index contributed by atoms with van der Waals surface area (Å²) < 4.78 is 32.2. The van der Waals surface area contributed by atoms with E-state index >= 15 is 0 Å². The number of hydrogen-bond acceptors (Lipinski definition) is 6. The highest BCUT2D eigenvalue weighted by Crippen LogP contribution is 2.42. The van der Waals surface area contributed by atoms with Gasteiger partial charge in [0.15, 0.2) is 11.6 Å². The van der Waals surface area contributed by atoms with Crippen molar-refractivity contribution in [2.45, 2.75) is 96.0 Å². The van der Waals surface area contributed by atoms with E-state index in [1.807, 2.05) is 0 Å². The predicted molar refractivity (Wildman–Crippen MR) is 139 cm³/mol. The SMILES string of the molecule is COc1cc(F)c(OC2CCC(C)(C(=O)O)CC2)cc1C(=O)N[C@H]1[C@@H](C(=O)NCC2(C)CCC2)[C@@H]2CC[C@H]1O2. The zero-order valence-electron chi connectivity index (χ0n) is 22.9. The molecule has 214 valence electrons. The molecule has 0 aromatic heterocycles. The lowest BCUT2D eigenvalue weighted by Crippen LogP contribution is -2.53. The Labute approximate surface area is 228 Å². The van der Waals surface area contributed by atoms with E-state index in [1.165, 1.54) is 19.6 Å². The average Bonchev–Trinajstić information content (AvgIpc) is 3.50. The molecule has 0 spiro atoms. The molecule has 2 heterocycles. The molecule has 2 amide bonds. The summed E-state index contributed by atoms with van der Waals surface area (Å²) in [5.41, 5.74) is -0.580. The van der Waals surface area contributed by atoms with Gasteiger partial charge >= 0.3 is 5.97 Å². The van der Waals surface area contributed by atoms with Crippen molar-refractivity contribution < 1.29 is 38.1 Å². The van der Waals surface area contributed by atoms with Gasteiger partial charge in [0, 0.05) is 12.6 Å². The fourth-order valence-electron chi connectivity index (χ4n) is 6.51. The van der Waals surface area contributed by atoms with Gasteiger partial charge in [-0.2, -0.15) is 0 Å².